The zero-order valence-corrected chi connectivity index (χ0v) is 10.3. The van der Waals surface area contributed by atoms with Crippen LogP contribution in [0.4, 0.5) is 0 Å². The number of nitrogens with zero attached hydrogens (tertiary/aromatic N) is 1. The van der Waals surface area contributed by atoms with Gasteiger partial charge < -0.3 is 4.74 Å². The highest BCUT2D eigenvalue weighted by atomic mass is 16.5. The van der Waals surface area contributed by atoms with E-state index in [4.69, 9.17) is 4.74 Å². The molecule has 0 N–H and O–H groups in total. The number of hydrogen-bond acceptors (Lipinski definition) is 2. The predicted octanol–water partition coefficient (Wildman–Crippen LogP) is 3.56. The number of benzene rings is 1. The number of fused-ring (bicyclic) bond motifs is 1. The maximum Gasteiger partial charge on any atom is 0.217 e. The summed E-state index contributed by atoms with van der Waals surface area (Å²) in [6.07, 6.45) is 0. The van der Waals surface area contributed by atoms with Crippen LogP contribution in [0.3, 0.4) is 0 Å². The molecule has 0 saturated carbocycles. The fourth-order valence-corrected chi connectivity index (χ4v) is 2.05. The Morgan fingerprint density at radius 2 is 1.88 bits per heavy atom. The molecule has 84 valence electrons. The molecule has 0 aliphatic rings. The van der Waals surface area contributed by atoms with Gasteiger partial charge in [0.2, 0.25) is 5.88 Å². The molecule has 0 aliphatic carbocycles. The Bertz CT molecular complexity index is 532. The van der Waals surface area contributed by atoms with E-state index in [-0.39, 0.29) is 0 Å². The van der Waals surface area contributed by atoms with E-state index in [0.29, 0.717) is 6.61 Å². The molecule has 16 heavy (non-hydrogen) atoms. The summed E-state index contributed by atoms with van der Waals surface area (Å²) in [6.45, 7) is 8.96. The van der Waals surface area contributed by atoms with E-state index >= 15 is 0 Å². The molecular weight excluding hydrogens is 198 g/mol. The monoisotopic (exact) mass is 215 g/mol. The zero-order chi connectivity index (χ0) is 11.7. The van der Waals surface area contributed by atoms with Crippen molar-refractivity contribution in [1.82, 2.24) is 4.98 Å². The van der Waals surface area contributed by atoms with Gasteiger partial charge >= 0.3 is 0 Å². The van der Waals surface area contributed by atoms with Gasteiger partial charge in [-0.2, -0.15) is 0 Å². The van der Waals surface area contributed by atoms with Crippen LogP contribution in [0.25, 0.3) is 10.9 Å². The molecule has 1 aromatic heterocycles. The summed E-state index contributed by atoms with van der Waals surface area (Å²) >= 11 is 0. The lowest BCUT2D eigenvalue weighted by atomic mass is 10.0. The second-order valence-corrected chi connectivity index (χ2v) is 4.07. The molecule has 1 heterocycles. The van der Waals surface area contributed by atoms with Gasteiger partial charge in [-0.1, -0.05) is 12.1 Å². The van der Waals surface area contributed by atoms with Crippen molar-refractivity contribution in [2.45, 2.75) is 27.7 Å². The van der Waals surface area contributed by atoms with Crippen molar-refractivity contribution < 1.29 is 4.74 Å². The predicted molar refractivity (Wildman–Crippen MR) is 67.1 cm³/mol. The summed E-state index contributed by atoms with van der Waals surface area (Å²) < 4.78 is 5.55. The summed E-state index contributed by atoms with van der Waals surface area (Å²) in [5.74, 6) is 0.762. The number of ether oxygens (including phenoxy) is 1. The third kappa shape index (κ3) is 1.64. The van der Waals surface area contributed by atoms with Gasteiger partial charge in [-0.15, -0.1) is 0 Å². The van der Waals surface area contributed by atoms with Crippen LogP contribution in [0, 0.1) is 20.8 Å². The molecule has 2 heteroatoms. The number of aryl methyl sites for hydroxylation is 2. The maximum absolute atomic E-state index is 5.55. The first-order chi connectivity index (χ1) is 7.65. The molecule has 0 unspecified atom stereocenters. The summed E-state index contributed by atoms with van der Waals surface area (Å²) in [5, 5.41) is 1.25. The zero-order valence-electron chi connectivity index (χ0n) is 10.3. The fraction of sp³-hybridized carbons (Fsp3) is 0.357. The first kappa shape index (κ1) is 10.9. The van der Waals surface area contributed by atoms with Gasteiger partial charge in [0, 0.05) is 10.9 Å². The molecule has 2 aromatic rings. The molecule has 2 nitrogen and oxygen atoms in total. The van der Waals surface area contributed by atoms with Crippen molar-refractivity contribution in [2.24, 2.45) is 0 Å². The lowest BCUT2D eigenvalue weighted by Gasteiger charge is -2.12. The van der Waals surface area contributed by atoms with E-state index in [1.54, 1.807) is 0 Å². The summed E-state index contributed by atoms with van der Waals surface area (Å²) in [5.41, 5.74) is 4.70. The minimum atomic E-state index is 0.657. The van der Waals surface area contributed by atoms with Crippen LogP contribution in [0.2, 0.25) is 0 Å². The average Bonchev–Trinajstić information content (AvgIpc) is 2.25. The van der Waals surface area contributed by atoms with E-state index < -0.39 is 0 Å². The van der Waals surface area contributed by atoms with Gasteiger partial charge in [-0.3, -0.25) is 0 Å². The molecule has 0 aliphatic heterocycles. The first-order valence-electron chi connectivity index (χ1n) is 5.64. The van der Waals surface area contributed by atoms with Crippen LogP contribution in [-0.4, -0.2) is 11.6 Å². The Morgan fingerprint density at radius 3 is 2.56 bits per heavy atom. The van der Waals surface area contributed by atoms with Gasteiger partial charge in [0.05, 0.1) is 12.1 Å². The van der Waals surface area contributed by atoms with E-state index in [0.717, 1.165) is 17.0 Å². The standard InChI is InChI=1S/C14H17NO/c1-5-16-14-11(4)10(3)13-9(2)7-6-8-12(13)15-14/h6-8H,5H2,1-4H3. The second kappa shape index (κ2) is 4.12. The second-order valence-electron chi connectivity index (χ2n) is 4.07. The van der Waals surface area contributed by atoms with Crippen LogP contribution in [-0.2, 0) is 0 Å². The summed E-state index contributed by atoms with van der Waals surface area (Å²) in [4.78, 5) is 4.56. The Kier molecular flexibility index (Phi) is 2.82. The molecule has 1 aromatic carbocycles. The van der Waals surface area contributed by atoms with Gasteiger partial charge in [0.15, 0.2) is 0 Å². The maximum atomic E-state index is 5.55. The lowest BCUT2D eigenvalue weighted by molar-refractivity contribution is 0.325. The lowest BCUT2D eigenvalue weighted by Crippen LogP contribution is -2.00. The van der Waals surface area contributed by atoms with E-state index in [2.05, 4.69) is 31.8 Å². The van der Waals surface area contributed by atoms with Gasteiger partial charge in [-0.25, -0.2) is 4.98 Å². The topological polar surface area (TPSA) is 22.1 Å². The molecule has 0 atom stereocenters. The molecule has 0 amide bonds. The van der Waals surface area contributed by atoms with Crippen LogP contribution < -0.4 is 4.74 Å². The molecule has 0 fully saturated rings. The minimum Gasteiger partial charge on any atom is -0.478 e. The molecule has 0 bridgehead atoms. The normalized spacial score (nSPS) is 10.8. The molecular formula is C14H17NO. The third-order valence-electron chi connectivity index (χ3n) is 3.01. The highest BCUT2D eigenvalue weighted by Gasteiger charge is 2.10. The van der Waals surface area contributed by atoms with Crippen molar-refractivity contribution in [1.29, 1.82) is 0 Å². The van der Waals surface area contributed by atoms with Crippen molar-refractivity contribution >= 4 is 10.9 Å². The quantitative estimate of drug-likeness (QED) is 0.764. The fourth-order valence-electron chi connectivity index (χ4n) is 2.05. The minimum absolute atomic E-state index is 0.657. The Balaban J connectivity index is 2.78. The van der Waals surface area contributed by atoms with Crippen LogP contribution in [0.5, 0.6) is 5.88 Å². The Hall–Kier alpha value is -1.57. The summed E-state index contributed by atoms with van der Waals surface area (Å²) in [7, 11) is 0. The SMILES string of the molecule is CCOc1nc2cccc(C)c2c(C)c1C. The highest BCUT2D eigenvalue weighted by molar-refractivity contribution is 5.87. The van der Waals surface area contributed by atoms with Crippen LogP contribution in [0.15, 0.2) is 18.2 Å². The molecule has 0 spiro atoms. The van der Waals surface area contributed by atoms with E-state index in [9.17, 15) is 0 Å². The first-order valence-corrected chi connectivity index (χ1v) is 5.64. The smallest absolute Gasteiger partial charge is 0.217 e. The van der Waals surface area contributed by atoms with E-state index in [1.165, 1.54) is 16.5 Å². The van der Waals surface area contributed by atoms with Gasteiger partial charge in [0.25, 0.3) is 0 Å². The number of pyridine rings is 1. The highest BCUT2D eigenvalue weighted by Crippen LogP contribution is 2.28. The largest absolute Gasteiger partial charge is 0.478 e. The van der Waals surface area contributed by atoms with Gasteiger partial charge in [-0.05, 0) is 44.9 Å². The molecule has 0 saturated heterocycles. The molecule has 0 radical (unpaired) electrons. The average molecular weight is 215 g/mol. The third-order valence-corrected chi connectivity index (χ3v) is 3.01. The van der Waals surface area contributed by atoms with Crippen molar-refractivity contribution in [3.63, 3.8) is 0 Å². The van der Waals surface area contributed by atoms with Crippen LogP contribution in [0.1, 0.15) is 23.6 Å². The number of hydrogen-bond donors (Lipinski definition) is 0. The Morgan fingerprint density at radius 1 is 1.12 bits per heavy atom. The van der Waals surface area contributed by atoms with Crippen LogP contribution >= 0.6 is 0 Å². The van der Waals surface area contributed by atoms with Gasteiger partial charge in [0.1, 0.15) is 0 Å². The van der Waals surface area contributed by atoms with E-state index in [1.807, 2.05) is 19.1 Å². The Labute approximate surface area is 96.3 Å². The number of rotatable bonds is 2. The number of aromatic nitrogens is 1. The summed E-state index contributed by atoms with van der Waals surface area (Å²) in [6, 6.07) is 6.20. The van der Waals surface area contributed by atoms with Crippen molar-refractivity contribution in [3.05, 3.63) is 34.9 Å². The van der Waals surface area contributed by atoms with Crippen molar-refractivity contribution in [2.75, 3.05) is 6.61 Å². The van der Waals surface area contributed by atoms with Crippen molar-refractivity contribution in [3.8, 4) is 5.88 Å². The molecule has 2 rings (SSSR count).